The van der Waals surface area contributed by atoms with Crippen LogP contribution in [0.1, 0.15) is 19.5 Å². The molecule has 0 radical (unpaired) electrons. The number of rotatable bonds is 8. The summed E-state index contributed by atoms with van der Waals surface area (Å²) in [7, 11) is 0. The molecule has 6 N–H and O–H groups in total. The molecular formula is C20H22F2N8O2. The molecule has 2 aromatic heterocycles. The number of nitrogens with zero attached hydrogens (tertiary/aromatic N) is 4. The molecule has 2 aromatic rings. The van der Waals surface area contributed by atoms with Gasteiger partial charge in [0.1, 0.15) is 17.3 Å². The van der Waals surface area contributed by atoms with Crippen LogP contribution in [0, 0.1) is 10.8 Å². The zero-order valence-corrected chi connectivity index (χ0v) is 17.3. The SMILES string of the molecule is CC(C)N(C=N)C(=N)c1cccc(NC(=O)/C(C=Nc2cncc(O)c2)=C(/N)C(F)F)n1. The van der Waals surface area contributed by atoms with E-state index in [9.17, 15) is 18.7 Å². The van der Waals surface area contributed by atoms with Crippen molar-refractivity contribution in [1.29, 1.82) is 10.8 Å². The molecule has 10 nitrogen and oxygen atoms in total. The zero-order chi connectivity index (χ0) is 23.8. The minimum atomic E-state index is -3.12. The highest BCUT2D eigenvalue weighted by Crippen LogP contribution is 2.18. The molecule has 0 saturated carbocycles. The summed E-state index contributed by atoms with van der Waals surface area (Å²) in [4.78, 5) is 25.7. The second-order valence-electron chi connectivity index (χ2n) is 6.67. The molecule has 12 heteroatoms. The Labute approximate surface area is 182 Å². The lowest BCUT2D eigenvalue weighted by atomic mass is 10.2. The standard InChI is InChI=1S/C20H22F2N8O2/c1-11(2)30(10-23)19(25)15-4-3-5-16(28-15)29-20(32)14(17(24)18(21)22)9-27-12-6-13(31)8-26-7-12/h3-11,18,23,25,31H,24H2,1-2H3,(H,28,29,32)/b17-14+,23-10?,25-19?,27-9?. The number of pyridine rings is 2. The highest BCUT2D eigenvalue weighted by molar-refractivity contribution is 6.18. The van der Waals surface area contributed by atoms with E-state index >= 15 is 0 Å². The number of nitrogens with one attached hydrogen (secondary N) is 3. The zero-order valence-electron chi connectivity index (χ0n) is 17.3. The van der Waals surface area contributed by atoms with Gasteiger partial charge in [-0.1, -0.05) is 6.07 Å². The lowest BCUT2D eigenvalue weighted by molar-refractivity contribution is -0.112. The van der Waals surface area contributed by atoms with E-state index in [1.165, 1.54) is 35.4 Å². The van der Waals surface area contributed by atoms with Crippen LogP contribution in [0.5, 0.6) is 5.75 Å². The number of anilines is 1. The van der Waals surface area contributed by atoms with Crippen LogP contribution in [0.3, 0.4) is 0 Å². The fourth-order valence-corrected chi connectivity index (χ4v) is 2.43. The maximum absolute atomic E-state index is 13.2. The van der Waals surface area contributed by atoms with E-state index < -0.39 is 23.6 Å². The number of aromatic nitrogens is 2. The molecular weight excluding hydrogens is 422 g/mol. The number of alkyl halides is 2. The Bertz CT molecular complexity index is 1070. The van der Waals surface area contributed by atoms with E-state index in [2.05, 4.69) is 20.3 Å². The number of halogens is 2. The highest BCUT2D eigenvalue weighted by Gasteiger charge is 2.20. The lowest BCUT2D eigenvalue weighted by Crippen LogP contribution is -2.36. The number of carbonyl (C=O) groups is 1. The smallest absolute Gasteiger partial charge is 0.278 e. The Morgan fingerprint density at radius 3 is 2.66 bits per heavy atom. The molecule has 32 heavy (non-hydrogen) atoms. The van der Waals surface area contributed by atoms with Crippen LogP contribution < -0.4 is 11.1 Å². The monoisotopic (exact) mass is 444 g/mol. The van der Waals surface area contributed by atoms with Gasteiger partial charge in [0.05, 0.1) is 35.7 Å². The van der Waals surface area contributed by atoms with E-state index in [0.717, 1.165) is 18.7 Å². The van der Waals surface area contributed by atoms with Crippen molar-refractivity contribution < 1.29 is 18.7 Å². The first-order chi connectivity index (χ1) is 15.1. The average Bonchev–Trinajstić information content (AvgIpc) is 2.74. The van der Waals surface area contributed by atoms with Crippen LogP contribution in [-0.2, 0) is 4.79 Å². The summed E-state index contributed by atoms with van der Waals surface area (Å²) in [5.74, 6) is -1.28. The molecule has 0 bridgehead atoms. The average molecular weight is 444 g/mol. The van der Waals surface area contributed by atoms with Crippen LogP contribution in [0.2, 0.25) is 0 Å². The fraction of sp³-hybridized carbons (Fsp3) is 0.200. The van der Waals surface area contributed by atoms with E-state index in [1.54, 1.807) is 13.8 Å². The quantitative estimate of drug-likeness (QED) is 0.239. The largest absolute Gasteiger partial charge is 0.506 e. The van der Waals surface area contributed by atoms with Crippen LogP contribution >= 0.6 is 0 Å². The van der Waals surface area contributed by atoms with Gasteiger partial charge in [-0.05, 0) is 26.0 Å². The summed E-state index contributed by atoms with van der Waals surface area (Å²) in [5, 5.41) is 27.4. The summed E-state index contributed by atoms with van der Waals surface area (Å²) >= 11 is 0. The van der Waals surface area contributed by atoms with Gasteiger partial charge >= 0.3 is 0 Å². The van der Waals surface area contributed by atoms with Gasteiger partial charge in [0.15, 0.2) is 5.84 Å². The summed E-state index contributed by atoms with van der Waals surface area (Å²) in [6.07, 6.45) is 1.12. The number of amidine groups is 1. The molecule has 0 fully saturated rings. The Morgan fingerprint density at radius 2 is 2.06 bits per heavy atom. The third-order valence-corrected chi connectivity index (χ3v) is 4.03. The van der Waals surface area contributed by atoms with Crippen LogP contribution in [0.15, 0.2) is 52.9 Å². The molecule has 0 aliphatic heterocycles. The first-order valence-electron chi connectivity index (χ1n) is 9.26. The Balaban J connectivity index is 2.31. The van der Waals surface area contributed by atoms with Gasteiger partial charge < -0.3 is 21.1 Å². The van der Waals surface area contributed by atoms with Crippen molar-refractivity contribution in [2.24, 2.45) is 10.7 Å². The number of aromatic hydroxyl groups is 1. The molecule has 168 valence electrons. The Kier molecular flexibility index (Phi) is 8.04. The molecule has 2 heterocycles. The Hall–Kier alpha value is -4.22. The molecule has 0 atom stereocenters. The van der Waals surface area contributed by atoms with Gasteiger partial charge in [-0.3, -0.25) is 25.6 Å². The van der Waals surface area contributed by atoms with Crippen molar-refractivity contribution in [3.05, 3.63) is 53.6 Å². The van der Waals surface area contributed by atoms with Gasteiger partial charge in [-0.15, -0.1) is 0 Å². The number of carbonyl (C=O) groups excluding carboxylic acids is 1. The predicted molar refractivity (Wildman–Crippen MR) is 117 cm³/mol. The van der Waals surface area contributed by atoms with E-state index in [4.69, 9.17) is 16.6 Å². The highest BCUT2D eigenvalue weighted by atomic mass is 19.3. The van der Waals surface area contributed by atoms with Crippen molar-refractivity contribution >= 4 is 35.8 Å². The third kappa shape index (κ3) is 6.14. The summed E-state index contributed by atoms with van der Waals surface area (Å²) in [6.45, 7) is 3.58. The number of amides is 1. The molecule has 1 amide bonds. The van der Waals surface area contributed by atoms with Crippen molar-refractivity contribution in [2.45, 2.75) is 26.3 Å². The maximum Gasteiger partial charge on any atom is 0.278 e. The van der Waals surface area contributed by atoms with Crippen LogP contribution in [0.4, 0.5) is 20.3 Å². The molecule has 2 rings (SSSR count). The predicted octanol–water partition coefficient (Wildman–Crippen LogP) is 2.64. The third-order valence-electron chi connectivity index (χ3n) is 4.03. The molecule has 0 spiro atoms. The molecule has 0 aliphatic carbocycles. The van der Waals surface area contributed by atoms with Gasteiger partial charge in [0.2, 0.25) is 0 Å². The topological polar surface area (TPSA) is 164 Å². The van der Waals surface area contributed by atoms with E-state index in [-0.39, 0.29) is 34.8 Å². The first kappa shape index (κ1) is 24.1. The molecule has 0 aliphatic rings. The van der Waals surface area contributed by atoms with Crippen LogP contribution in [-0.4, -0.2) is 56.7 Å². The second kappa shape index (κ2) is 10.7. The number of allylic oxidation sites excluding steroid dienone is 1. The number of hydrogen-bond acceptors (Lipinski definition) is 8. The second-order valence-corrected chi connectivity index (χ2v) is 6.67. The van der Waals surface area contributed by atoms with Gasteiger partial charge in [0, 0.05) is 18.3 Å². The normalized spacial score (nSPS) is 12.1. The molecule has 0 unspecified atom stereocenters. The van der Waals surface area contributed by atoms with Gasteiger partial charge in [0.25, 0.3) is 12.3 Å². The minimum Gasteiger partial charge on any atom is -0.506 e. The lowest BCUT2D eigenvalue weighted by Gasteiger charge is -2.23. The summed E-state index contributed by atoms with van der Waals surface area (Å²) in [5.41, 5.74) is 4.08. The van der Waals surface area contributed by atoms with E-state index in [1.807, 2.05) is 0 Å². The van der Waals surface area contributed by atoms with Gasteiger partial charge in [-0.2, -0.15) is 0 Å². The number of nitrogens with two attached hydrogens (primary N) is 1. The summed E-state index contributed by atoms with van der Waals surface area (Å²) < 4.78 is 26.4. The van der Waals surface area contributed by atoms with Crippen LogP contribution in [0.25, 0.3) is 0 Å². The molecule has 0 saturated heterocycles. The van der Waals surface area contributed by atoms with Crippen molar-refractivity contribution in [3.63, 3.8) is 0 Å². The van der Waals surface area contributed by atoms with Crippen molar-refractivity contribution in [3.8, 4) is 5.75 Å². The van der Waals surface area contributed by atoms with Crippen molar-refractivity contribution in [1.82, 2.24) is 14.9 Å². The van der Waals surface area contributed by atoms with Gasteiger partial charge in [-0.25, -0.2) is 13.8 Å². The minimum absolute atomic E-state index is 0.0158. The van der Waals surface area contributed by atoms with Crippen molar-refractivity contribution in [2.75, 3.05) is 5.32 Å². The van der Waals surface area contributed by atoms with E-state index in [0.29, 0.717) is 0 Å². The molecule has 0 aromatic carbocycles. The summed E-state index contributed by atoms with van der Waals surface area (Å²) in [6, 6.07) is 5.48. The maximum atomic E-state index is 13.2. The number of hydrogen-bond donors (Lipinski definition) is 5. The first-order valence-corrected chi connectivity index (χ1v) is 9.26. The fourth-order valence-electron chi connectivity index (χ4n) is 2.43. The Morgan fingerprint density at radius 1 is 1.34 bits per heavy atom. The number of aliphatic imine (C=N–C) groups is 1.